The molecule has 1 aromatic carbocycles. The van der Waals surface area contributed by atoms with Crippen molar-refractivity contribution in [1.29, 1.82) is 0 Å². The summed E-state index contributed by atoms with van der Waals surface area (Å²) in [7, 11) is 0. The second kappa shape index (κ2) is 4.93. The minimum Gasteiger partial charge on any atom is -0.321 e. The van der Waals surface area contributed by atoms with Gasteiger partial charge in [-0.15, -0.1) is 11.3 Å². The maximum atomic E-state index is 13.0. The molecule has 17 heavy (non-hydrogen) atoms. The van der Waals surface area contributed by atoms with Crippen LogP contribution in [0.3, 0.4) is 0 Å². The number of nitrogens with zero attached hydrogens (tertiary/aromatic N) is 1. The van der Waals surface area contributed by atoms with Crippen LogP contribution in [0.4, 0.5) is 10.1 Å². The van der Waals surface area contributed by atoms with Crippen LogP contribution in [0, 0.1) is 12.7 Å². The van der Waals surface area contributed by atoms with E-state index >= 15 is 0 Å². The molecule has 0 fully saturated rings. The average Bonchev–Trinajstić information content (AvgIpc) is 2.70. The Hall–Kier alpha value is -1.27. The predicted octanol–water partition coefficient (Wildman–Crippen LogP) is 3.61. The maximum absolute atomic E-state index is 13.0. The zero-order valence-corrected chi connectivity index (χ0v) is 11.2. The molecule has 1 N–H and O–H groups in total. The highest BCUT2D eigenvalue weighted by Gasteiger charge is 2.10. The number of hydrogen-bond acceptors (Lipinski definition) is 3. The topological polar surface area (TPSA) is 42.0 Å². The fourth-order valence-corrected chi connectivity index (χ4v) is 2.21. The lowest BCUT2D eigenvalue weighted by atomic mass is 10.3. The molecule has 0 spiro atoms. The lowest BCUT2D eigenvalue weighted by molar-refractivity contribution is 0.102. The summed E-state index contributed by atoms with van der Waals surface area (Å²) in [5, 5.41) is 5.16. The zero-order chi connectivity index (χ0) is 12.4. The van der Waals surface area contributed by atoms with Gasteiger partial charge in [0.25, 0.3) is 5.91 Å². The van der Waals surface area contributed by atoms with Crippen LogP contribution in [-0.4, -0.2) is 10.9 Å². The van der Waals surface area contributed by atoms with E-state index in [1.165, 1.54) is 29.5 Å². The molecule has 1 heterocycles. The summed E-state index contributed by atoms with van der Waals surface area (Å²) in [5.74, 6) is -0.666. The van der Waals surface area contributed by atoms with Crippen molar-refractivity contribution >= 4 is 38.9 Å². The number of amides is 1. The molecule has 1 aromatic heterocycles. The van der Waals surface area contributed by atoms with E-state index in [1.807, 2.05) is 6.92 Å². The molecule has 6 heteroatoms. The summed E-state index contributed by atoms with van der Waals surface area (Å²) in [6, 6.07) is 4.29. The average molecular weight is 315 g/mol. The molecule has 3 nitrogen and oxygen atoms in total. The number of thiazole rings is 1. The monoisotopic (exact) mass is 314 g/mol. The zero-order valence-electron chi connectivity index (χ0n) is 8.83. The van der Waals surface area contributed by atoms with Gasteiger partial charge in [-0.1, -0.05) is 0 Å². The van der Waals surface area contributed by atoms with Crippen molar-refractivity contribution in [3.8, 4) is 0 Å². The van der Waals surface area contributed by atoms with Gasteiger partial charge in [0, 0.05) is 11.1 Å². The van der Waals surface area contributed by atoms with Crippen molar-refractivity contribution in [2.24, 2.45) is 0 Å². The number of hydrogen-bond donors (Lipinski definition) is 1. The Kier molecular flexibility index (Phi) is 3.54. The molecule has 88 valence electrons. The number of aromatic nitrogens is 1. The Bertz CT molecular complexity index is 570. The predicted molar refractivity (Wildman–Crippen MR) is 68.9 cm³/mol. The van der Waals surface area contributed by atoms with E-state index in [2.05, 4.69) is 26.2 Å². The van der Waals surface area contributed by atoms with Crippen LogP contribution >= 0.6 is 27.3 Å². The number of halogens is 2. The fraction of sp³-hybridized carbons (Fsp3) is 0.0909. The van der Waals surface area contributed by atoms with E-state index in [1.54, 1.807) is 5.38 Å². The van der Waals surface area contributed by atoms with Gasteiger partial charge in [-0.25, -0.2) is 9.37 Å². The molecule has 1 amide bonds. The van der Waals surface area contributed by atoms with Gasteiger partial charge >= 0.3 is 0 Å². The molecule has 0 atom stereocenters. The first kappa shape index (κ1) is 12.2. The van der Waals surface area contributed by atoms with Gasteiger partial charge in [-0.3, -0.25) is 4.79 Å². The molecular formula is C11H8BrFN2OS. The van der Waals surface area contributed by atoms with Crippen molar-refractivity contribution in [2.45, 2.75) is 6.92 Å². The first-order chi connectivity index (χ1) is 8.06. The SMILES string of the molecule is Cc1nc(C(=O)Nc2ccc(F)c(Br)c2)cs1. The Labute approximate surface area is 110 Å². The van der Waals surface area contributed by atoms with E-state index in [0.29, 0.717) is 15.9 Å². The number of anilines is 1. The van der Waals surface area contributed by atoms with E-state index in [0.717, 1.165) is 5.01 Å². The molecule has 0 aliphatic carbocycles. The molecule has 2 aromatic rings. The Morgan fingerprint density at radius 1 is 1.53 bits per heavy atom. The number of benzene rings is 1. The van der Waals surface area contributed by atoms with E-state index in [4.69, 9.17) is 0 Å². The molecule has 0 saturated carbocycles. The highest BCUT2D eigenvalue weighted by atomic mass is 79.9. The summed E-state index contributed by atoms with van der Waals surface area (Å²) in [4.78, 5) is 15.8. The lowest BCUT2D eigenvalue weighted by Crippen LogP contribution is -2.12. The minimum atomic E-state index is -0.368. The van der Waals surface area contributed by atoms with E-state index in [-0.39, 0.29) is 11.7 Å². The second-order valence-corrected chi connectivity index (χ2v) is 5.25. The van der Waals surface area contributed by atoms with Crippen LogP contribution in [0.2, 0.25) is 0 Å². The summed E-state index contributed by atoms with van der Waals surface area (Å²) in [5.41, 5.74) is 0.891. The van der Waals surface area contributed by atoms with Gasteiger partial charge in [0.1, 0.15) is 11.5 Å². The third-order valence-electron chi connectivity index (χ3n) is 2.03. The molecule has 0 unspecified atom stereocenters. The highest BCUT2D eigenvalue weighted by Crippen LogP contribution is 2.20. The fourth-order valence-electron chi connectivity index (χ4n) is 1.24. The van der Waals surface area contributed by atoms with Gasteiger partial charge in [-0.05, 0) is 41.1 Å². The normalized spacial score (nSPS) is 10.3. The van der Waals surface area contributed by atoms with Crippen LogP contribution in [0.5, 0.6) is 0 Å². The van der Waals surface area contributed by atoms with E-state index in [9.17, 15) is 9.18 Å². The van der Waals surface area contributed by atoms with Crippen LogP contribution in [0.25, 0.3) is 0 Å². The van der Waals surface area contributed by atoms with Gasteiger partial charge < -0.3 is 5.32 Å². The number of carbonyl (C=O) groups excluding carboxylic acids is 1. The summed E-state index contributed by atoms with van der Waals surface area (Å²) >= 11 is 4.46. The Morgan fingerprint density at radius 2 is 2.29 bits per heavy atom. The van der Waals surface area contributed by atoms with Gasteiger partial charge in [-0.2, -0.15) is 0 Å². The molecule has 0 aliphatic heterocycles. The summed E-state index contributed by atoms with van der Waals surface area (Å²) in [6.45, 7) is 1.83. The minimum absolute atomic E-state index is 0.298. The largest absolute Gasteiger partial charge is 0.321 e. The number of carbonyl (C=O) groups is 1. The third kappa shape index (κ3) is 2.89. The smallest absolute Gasteiger partial charge is 0.275 e. The Morgan fingerprint density at radius 3 is 2.88 bits per heavy atom. The van der Waals surface area contributed by atoms with Crippen LogP contribution in [0.1, 0.15) is 15.5 Å². The molecular weight excluding hydrogens is 307 g/mol. The van der Waals surface area contributed by atoms with Crippen LogP contribution in [-0.2, 0) is 0 Å². The highest BCUT2D eigenvalue weighted by molar-refractivity contribution is 9.10. The quantitative estimate of drug-likeness (QED) is 0.920. The van der Waals surface area contributed by atoms with Crippen molar-refractivity contribution in [1.82, 2.24) is 4.98 Å². The van der Waals surface area contributed by atoms with Gasteiger partial charge in [0.05, 0.1) is 9.48 Å². The summed E-state index contributed by atoms with van der Waals surface area (Å²) < 4.78 is 13.3. The molecule has 0 aliphatic rings. The Balaban J connectivity index is 2.15. The third-order valence-corrected chi connectivity index (χ3v) is 3.41. The standard InChI is InChI=1S/C11H8BrFN2OS/c1-6-14-10(5-17-6)11(16)15-7-2-3-9(13)8(12)4-7/h2-5H,1H3,(H,15,16). The van der Waals surface area contributed by atoms with Gasteiger partial charge in [0.2, 0.25) is 0 Å². The van der Waals surface area contributed by atoms with Crippen LogP contribution in [0.15, 0.2) is 28.1 Å². The summed E-state index contributed by atoms with van der Waals surface area (Å²) in [6.07, 6.45) is 0. The molecule has 0 radical (unpaired) electrons. The first-order valence-corrected chi connectivity index (χ1v) is 6.42. The lowest BCUT2D eigenvalue weighted by Gasteiger charge is -2.04. The van der Waals surface area contributed by atoms with Crippen molar-refractivity contribution in [3.63, 3.8) is 0 Å². The molecule has 0 saturated heterocycles. The van der Waals surface area contributed by atoms with E-state index < -0.39 is 0 Å². The van der Waals surface area contributed by atoms with Crippen molar-refractivity contribution < 1.29 is 9.18 Å². The first-order valence-electron chi connectivity index (χ1n) is 4.75. The number of aryl methyl sites for hydroxylation is 1. The molecule has 2 rings (SSSR count). The van der Waals surface area contributed by atoms with Crippen LogP contribution < -0.4 is 5.32 Å². The van der Waals surface area contributed by atoms with Crippen molar-refractivity contribution in [3.05, 3.63) is 44.6 Å². The maximum Gasteiger partial charge on any atom is 0.275 e. The number of rotatable bonds is 2. The van der Waals surface area contributed by atoms with Crippen molar-refractivity contribution in [2.75, 3.05) is 5.32 Å². The number of nitrogens with one attached hydrogen (secondary N) is 1. The van der Waals surface area contributed by atoms with Gasteiger partial charge in [0.15, 0.2) is 0 Å². The molecule has 0 bridgehead atoms. The second-order valence-electron chi connectivity index (χ2n) is 3.33.